The number of rotatable bonds is 6. The molecule has 2 amide bonds. The number of carbonyl (C=O) groups is 2. The second-order valence-corrected chi connectivity index (χ2v) is 8.95. The Balaban J connectivity index is 1.75. The first-order valence-electron chi connectivity index (χ1n) is 9.12. The molecular weight excluding hydrogens is 416 g/mol. The van der Waals surface area contributed by atoms with Gasteiger partial charge in [-0.15, -0.1) is 23.1 Å². The predicted octanol–water partition coefficient (Wildman–Crippen LogP) is 4.88. The fourth-order valence-electron chi connectivity index (χ4n) is 2.72. The maximum absolute atomic E-state index is 12.7. The molecule has 2 aromatic carbocycles. The summed E-state index contributed by atoms with van der Waals surface area (Å²) >= 11 is 2.46. The Morgan fingerprint density at radius 3 is 2.53 bits per heavy atom. The number of hydrogen-bond donors (Lipinski definition) is 3. The highest BCUT2D eigenvalue weighted by molar-refractivity contribution is 8.00. The van der Waals surface area contributed by atoms with Crippen LogP contribution in [0.5, 0.6) is 0 Å². The van der Waals surface area contributed by atoms with Gasteiger partial charge in [0, 0.05) is 16.3 Å². The van der Waals surface area contributed by atoms with Gasteiger partial charge in [0.25, 0.3) is 5.91 Å². The molecule has 0 bridgehead atoms. The molecule has 0 aliphatic rings. The minimum atomic E-state index is -0.414. The quantitative estimate of drug-likeness (QED) is 0.377. The summed E-state index contributed by atoms with van der Waals surface area (Å²) in [7, 11) is 0. The number of thioether (sulfide) groups is 1. The highest BCUT2D eigenvalue weighted by Crippen LogP contribution is 2.34. The fraction of sp³-hybridized carbons (Fsp3) is 0.136. The Morgan fingerprint density at radius 1 is 1.13 bits per heavy atom. The summed E-state index contributed by atoms with van der Waals surface area (Å²) < 4.78 is 0. The molecule has 0 radical (unpaired) electrons. The number of para-hydroxylation sites is 1. The molecule has 0 aliphatic carbocycles. The molecule has 3 aromatic rings. The van der Waals surface area contributed by atoms with Crippen LogP contribution in [0.2, 0.25) is 0 Å². The summed E-state index contributed by atoms with van der Waals surface area (Å²) in [5, 5.41) is 15.1. The van der Waals surface area contributed by atoms with Crippen molar-refractivity contribution in [2.24, 2.45) is 0 Å². The lowest BCUT2D eigenvalue weighted by atomic mass is 10.1. The van der Waals surface area contributed by atoms with E-state index in [9.17, 15) is 14.9 Å². The van der Waals surface area contributed by atoms with Crippen LogP contribution in [0.3, 0.4) is 0 Å². The maximum atomic E-state index is 12.7. The number of benzene rings is 2. The number of anilines is 3. The van der Waals surface area contributed by atoms with Crippen molar-refractivity contribution in [3.63, 3.8) is 0 Å². The Bertz CT molecular complexity index is 1120. The molecule has 152 valence electrons. The number of nitrogens with zero attached hydrogens (tertiary/aromatic N) is 1. The van der Waals surface area contributed by atoms with E-state index in [2.05, 4.69) is 16.7 Å². The Morgan fingerprint density at radius 2 is 1.87 bits per heavy atom. The average molecular weight is 437 g/mol. The van der Waals surface area contributed by atoms with Crippen LogP contribution in [0, 0.1) is 18.3 Å². The predicted molar refractivity (Wildman–Crippen MR) is 123 cm³/mol. The zero-order chi connectivity index (χ0) is 21.7. The van der Waals surface area contributed by atoms with Crippen LogP contribution >= 0.6 is 23.1 Å². The average Bonchev–Trinajstić information content (AvgIpc) is 3.03. The van der Waals surface area contributed by atoms with E-state index in [4.69, 9.17) is 5.73 Å². The number of carbonyl (C=O) groups excluding carboxylic acids is 2. The lowest BCUT2D eigenvalue weighted by Gasteiger charge is -2.11. The molecule has 0 spiro atoms. The van der Waals surface area contributed by atoms with E-state index in [0.717, 1.165) is 16.2 Å². The topological polar surface area (TPSA) is 108 Å². The largest absolute Gasteiger partial charge is 0.399 e. The normalized spacial score (nSPS) is 11.4. The monoisotopic (exact) mass is 436 g/mol. The van der Waals surface area contributed by atoms with E-state index in [-0.39, 0.29) is 11.8 Å². The number of thiophene rings is 1. The molecule has 0 saturated heterocycles. The van der Waals surface area contributed by atoms with E-state index in [1.807, 2.05) is 30.3 Å². The van der Waals surface area contributed by atoms with Gasteiger partial charge < -0.3 is 16.4 Å². The third-order valence-corrected chi connectivity index (χ3v) is 6.57. The molecule has 8 heteroatoms. The van der Waals surface area contributed by atoms with Gasteiger partial charge in [0.2, 0.25) is 5.91 Å². The second-order valence-electron chi connectivity index (χ2n) is 6.51. The highest BCUT2D eigenvalue weighted by Gasteiger charge is 2.23. The van der Waals surface area contributed by atoms with Crippen LogP contribution in [0.15, 0.2) is 59.5 Å². The summed E-state index contributed by atoms with van der Waals surface area (Å²) in [5.41, 5.74) is 7.92. The van der Waals surface area contributed by atoms with Gasteiger partial charge in [0.1, 0.15) is 11.1 Å². The Labute approximate surface area is 183 Å². The molecule has 0 fully saturated rings. The summed E-state index contributed by atoms with van der Waals surface area (Å²) in [6.45, 7) is 3.48. The molecule has 1 unspecified atom stereocenters. The van der Waals surface area contributed by atoms with Crippen LogP contribution in [0.1, 0.15) is 27.7 Å². The van der Waals surface area contributed by atoms with E-state index in [1.54, 1.807) is 38.1 Å². The number of nitriles is 1. The summed E-state index contributed by atoms with van der Waals surface area (Å²) in [6.07, 6.45) is 0. The molecule has 30 heavy (non-hydrogen) atoms. The lowest BCUT2D eigenvalue weighted by molar-refractivity contribution is -0.115. The van der Waals surface area contributed by atoms with Gasteiger partial charge in [-0.1, -0.05) is 24.3 Å². The van der Waals surface area contributed by atoms with Crippen LogP contribution in [-0.4, -0.2) is 17.1 Å². The minimum Gasteiger partial charge on any atom is -0.399 e. The first kappa shape index (κ1) is 21.4. The lowest BCUT2D eigenvalue weighted by Crippen LogP contribution is -2.22. The molecular formula is C22H20N4O2S2. The van der Waals surface area contributed by atoms with Gasteiger partial charge in [-0.25, -0.2) is 0 Å². The van der Waals surface area contributed by atoms with E-state index < -0.39 is 5.25 Å². The fourth-order valence-corrected chi connectivity index (χ4v) is 4.71. The van der Waals surface area contributed by atoms with E-state index in [0.29, 0.717) is 32.4 Å². The van der Waals surface area contributed by atoms with Crippen molar-refractivity contribution in [2.75, 3.05) is 16.4 Å². The summed E-state index contributed by atoms with van der Waals surface area (Å²) in [4.78, 5) is 26.6. The summed E-state index contributed by atoms with van der Waals surface area (Å²) in [6, 6.07) is 18.5. The zero-order valence-electron chi connectivity index (χ0n) is 16.4. The van der Waals surface area contributed by atoms with Crippen molar-refractivity contribution in [1.29, 1.82) is 5.26 Å². The van der Waals surface area contributed by atoms with Crippen LogP contribution in [0.25, 0.3) is 0 Å². The molecule has 1 aromatic heterocycles. The zero-order valence-corrected chi connectivity index (χ0v) is 18.1. The molecule has 6 nitrogen and oxygen atoms in total. The molecule has 4 N–H and O–H groups in total. The number of nitrogen functional groups attached to an aromatic ring is 1. The smallest absolute Gasteiger partial charge is 0.266 e. The minimum absolute atomic E-state index is 0.254. The van der Waals surface area contributed by atoms with Crippen molar-refractivity contribution in [1.82, 2.24) is 0 Å². The molecule has 0 saturated carbocycles. The molecule has 1 heterocycles. The van der Waals surface area contributed by atoms with Crippen LogP contribution in [-0.2, 0) is 4.79 Å². The SMILES string of the molecule is Cc1c(C(=O)Nc2ccccc2)sc(NC(=O)C(C)Sc2cccc(N)c2)c1C#N. The second kappa shape index (κ2) is 9.48. The highest BCUT2D eigenvalue weighted by atomic mass is 32.2. The third kappa shape index (κ3) is 5.00. The van der Waals surface area contributed by atoms with Crippen molar-refractivity contribution in [3.8, 4) is 6.07 Å². The molecule has 1 atom stereocenters. The first-order valence-corrected chi connectivity index (χ1v) is 10.8. The van der Waals surface area contributed by atoms with E-state index in [1.165, 1.54) is 11.8 Å². The molecule has 3 rings (SSSR count). The van der Waals surface area contributed by atoms with Crippen molar-refractivity contribution >= 4 is 51.3 Å². The van der Waals surface area contributed by atoms with Gasteiger partial charge in [-0.05, 0) is 49.7 Å². The molecule has 0 aliphatic heterocycles. The first-order chi connectivity index (χ1) is 14.4. The standard InChI is InChI=1S/C22H20N4O2S2/c1-13-18(12-23)22(30-19(13)21(28)25-16-8-4-3-5-9-16)26-20(27)14(2)29-17-10-6-7-15(24)11-17/h3-11,14H,24H2,1-2H3,(H,25,28)(H,26,27). The van der Waals surface area contributed by atoms with Crippen molar-refractivity contribution < 1.29 is 9.59 Å². The van der Waals surface area contributed by atoms with Gasteiger partial charge >= 0.3 is 0 Å². The van der Waals surface area contributed by atoms with E-state index >= 15 is 0 Å². The number of nitrogens with two attached hydrogens (primary N) is 1. The van der Waals surface area contributed by atoms with Gasteiger partial charge in [-0.2, -0.15) is 5.26 Å². The third-order valence-electron chi connectivity index (χ3n) is 4.27. The summed E-state index contributed by atoms with van der Waals surface area (Å²) in [5.74, 6) is -0.571. The number of amides is 2. The Kier molecular flexibility index (Phi) is 6.77. The van der Waals surface area contributed by atoms with Gasteiger partial charge in [0.15, 0.2) is 0 Å². The van der Waals surface area contributed by atoms with Crippen LogP contribution in [0.4, 0.5) is 16.4 Å². The van der Waals surface area contributed by atoms with Crippen molar-refractivity contribution in [3.05, 3.63) is 70.6 Å². The van der Waals surface area contributed by atoms with Crippen LogP contribution < -0.4 is 16.4 Å². The Hall–Kier alpha value is -3.28. The number of hydrogen-bond acceptors (Lipinski definition) is 6. The maximum Gasteiger partial charge on any atom is 0.266 e. The number of nitrogens with one attached hydrogen (secondary N) is 2. The van der Waals surface area contributed by atoms with Gasteiger partial charge in [0.05, 0.1) is 15.7 Å². The van der Waals surface area contributed by atoms with Gasteiger partial charge in [-0.3, -0.25) is 9.59 Å². The van der Waals surface area contributed by atoms with Crippen molar-refractivity contribution in [2.45, 2.75) is 24.0 Å².